The van der Waals surface area contributed by atoms with Crippen LogP contribution < -0.4 is 24.8 Å². The molecule has 0 saturated heterocycles. The molecule has 2 saturated carbocycles. The van der Waals surface area contributed by atoms with Gasteiger partial charge >= 0.3 is 0 Å². The summed E-state index contributed by atoms with van der Waals surface area (Å²) >= 11 is 0. The first-order chi connectivity index (χ1) is 24.5. The molecule has 2 aliphatic carbocycles. The Bertz CT molecular complexity index is 2290. The fraction of sp³-hybridized carbons (Fsp3) is 0.263. The molecule has 2 heterocycles. The maximum atomic E-state index is 14.0. The second kappa shape index (κ2) is 13.2. The number of pyridine rings is 1. The number of sulfonamides is 1. The molecule has 3 amide bonds. The maximum Gasteiger partial charge on any atom is 0.266 e. The van der Waals surface area contributed by atoms with Crippen molar-refractivity contribution in [2.24, 2.45) is 11.8 Å². The Morgan fingerprint density at radius 2 is 1.82 bits per heavy atom. The lowest BCUT2D eigenvalue weighted by molar-refractivity contribution is -0.132. The molecule has 7 rings (SSSR count). The average Bonchev–Trinajstić information content (AvgIpc) is 3.39. The van der Waals surface area contributed by atoms with Crippen LogP contribution in [0.3, 0.4) is 0 Å². The van der Waals surface area contributed by atoms with E-state index in [0.29, 0.717) is 40.0 Å². The lowest BCUT2D eigenvalue weighted by atomic mass is 10.0. The van der Waals surface area contributed by atoms with Gasteiger partial charge in [-0.2, -0.15) is 0 Å². The van der Waals surface area contributed by atoms with E-state index < -0.39 is 51.4 Å². The van der Waals surface area contributed by atoms with Gasteiger partial charge in [-0.3, -0.25) is 14.4 Å². The minimum atomic E-state index is -4.31. The third kappa shape index (κ3) is 6.52. The Kier molecular flexibility index (Phi) is 8.75. The number of nitrogens with zero attached hydrogens (tertiary/aromatic N) is 1. The Labute approximate surface area is 294 Å². The number of fused-ring (bicyclic) bond motifs is 2. The third-order valence-corrected chi connectivity index (χ3v) is 11.1. The fourth-order valence-corrected chi connectivity index (χ4v) is 8.27. The molecule has 0 spiro atoms. The summed E-state index contributed by atoms with van der Waals surface area (Å²) in [5.74, 6) is -1.77. The highest BCUT2D eigenvalue weighted by atomic mass is 32.2. The molecule has 5 atom stereocenters. The van der Waals surface area contributed by atoms with Crippen molar-refractivity contribution >= 4 is 49.6 Å². The van der Waals surface area contributed by atoms with Crippen LogP contribution in [0.4, 0.5) is 0 Å². The molecule has 0 bridgehead atoms. The zero-order valence-electron chi connectivity index (χ0n) is 28.0. The molecule has 4 N–H and O–H groups in total. The van der Waals surface area contributed by atoms with E-state index in [-0.39, 0.29) is 23.6 Å². The van der Waals surface area contributed by atoms with Gasteiger partial charge in [-0.1, -0.05) is 48.5 Å². The van der Waals surface area contributed by atoms with Crippen LogP contribution in [0.5, 0.6) is 11.5 Å². The summed E-state index contributed by atoms with van der Waals surface area (Å²) in [5, 5.41) is 7.15. The van der Waals surface area contributed by atoms with Crippen LogP contribution in [-0.4, -0.2) is 60.9 Å². The number of nitrogens with one attached hydrogen (secondary N) is 4. The molecule has 1 unspecified atom stereocenters. The van der Waals surface area contributed by atoms with E-state index in [9.17, 15) is 22.8 Å². The molecule has 0 aliphatic heterocycles. The van der Waals surface area contributed by atoms with Gasteiger partial charge in [0.25, 0.3) is 15.9 Å². The molecule has 262 valence electrons. The molecule has 51 heavy (non-hydrogen) atoms. The number of aromatic amines is 1. The Morgan fingerprint density at radius 3 is 2.55 bits per heavy atom. The van der Waals surface area contributed by atoms with Crippen molar-refractivity contribution in [2.75, 3.05) is 7.11 Å². The molecule has 13 heteroatoms. The van der Waals surface area contributed by atoms with Gasteiger partial charge in [0.2, 0.25) is 11.8 Å². The van der Waals surface area contributed by atoms with Crippen molar-refractivity contribution in [1.29, 1.82) is 0 Å². The quantitative estimate of drug-likeness (QED) is 0.144. The van der Waals surface area contributed by atoms with E-state index in [1.54, 1.807) is 31.5 Å². The molecule has 12 nitrogen and oxygen atoms in total. The lowest BCUT2D eigenvalue weighted by Crippen LogP contribution is -2.54. The lowest BCUT2D eigenvalue weighted by Gasteiger charge is -2.24. The van der Waals surface area contributed by atoms with Crippen LogP contribution in [0.2, 0.25) is 0 Å². The molecule has 0 radical (unpaired) electrons. The number of amides is 3. The monoisotopic (exact) mass is 707 g/mol. The number of methoxy groups -OCH3 is 1. The highest BCUT2D eigenvalue weighted by Crippen LogP contribution is 2.46. The number of carbonyl (C=O) groups is 3. The zero-order chi connectivity index (χ0) is 35.9. The van der Waals surface area contributed by atoms with Crippen LogP contribution in [-0.2, 0) is 24.4 Å². The number of carbonyl (C=O) groups excluding carboxylic acids is 3. The molecule has 2 aliphatic rings. The average molecular weight is 708 g/mol. The van der Waals surface area contributed by atoms with E-state index in [2.05, 4.69) is 26.9 Å². The first-order valence-electron chi connectivity index (χ1n) is 16.6. The topological polar surface area (TPSA) is 169 Å². The number of ether oxygens (including phenoxy) is 2. The van der Waals surface area contributed by atoms with Crippen LogP contribution in [0.1, 0.15) is 26.2 Å². The van der Waals surface area contributed by atoms with Crippen molar-refractivity contribution in [2.45, 2.75) is 48.8 Å². The Balaban J connectivity index is 1.14. The van der Waals surface area contributed by atoms with Gasteiger partial charge in [-0.05, 0) is 37.1 Å². The molecule has 2 fully saturated rings. The smallest absolute Gasteiger partial charge is 0.266 e. The van der Waals surface area contributed by atoms with E-state index in [1.807, 2.05) is 54.6 Å². The molecule has 5 aromatic rings. The highest BCUT2D eigenvalue weighted by molar-refractivity contribution is 7.90. The maximum absolute atomic E-state index is 14.0. The van der Waals surface area contributed by atoms with Crippen molar-refractivity contribution in [1.82, 2.24) is 25.3 Å². The van der Waals surface area contributed by atoms with Gasteiger partial charge in [-0.25, -0.2) is 18.1 Å². The number of benzene rings is 3. The minimum Gasteiger partial charge on any atom is -0.497 e. The van der Waals surface area contributed by atoms with Crippen LogP contribution in [0.15, 0.2) is 103 Å². The first-order valence-corrected chi connectivity index (χ1v) is 18.1. The van der Waals surface area contributed by atoms with Crippen LogP contribution >= 0.6 is 0 Å². The van der Waals surface area contributed by atoms with Gasteiger partial charge in [-0.15, -0.1) is 6.58 Å². The third-order valence-electron chi connectivity index (χ3n) is 9.70. The van der Waals surface area contributed by atoms with E-state index in [0.717, 1.165) is 10.9 Å². The van der Waals surface area contributed by atoms with Gasteiger partial charge < -0.3 is 25.1 Å². The predicted molar refractivity (Wildman–Crippen MR) is 191 cm³/mol. The summed E-state index contributed by atoms with van der Waals surface area (Å²) in [6.07, 6.45) is 3.36. The summed E-state index contributed by atoms with van der Waals surface area (Å²) in [6, 6.07) is 22.9. The van der Waals surface area contributed by atoms with Crippen molar-refractivity contribution in [3.63, 3.8) is 0 Å². The second-order valence-electron chi connectivity index (χ2n) is 13.0. The fourth-order valence-electron chi connectivity index (χ4n) is 7.03. The van der Waals surface area contributed by atoms with E-state index in [1.165, 1.54) is 19.1 Å². The van der Waals surface area contributed by atoms with Gasteiger partial charge in [0.05, 0.1) is 29.8 Å². The Morgan fingerprint density at radius 1 is 1.02 bits per heavy atom. The largest absolute Gasteiger partial charge is 0.497 e. The number of hydrogen-bond donors (Lipinski definition) is 4. The molecular formula is C38H37N5O7S. The number of hydrogen-bond acceptors (Lipinski definition) is 8. The summed E-state index contributed by atoms with van der Waals surface area (Å²) in [5.41, 5.74) is 1.08. The predicted octanol–water partition coefficient (Wildman–Crippen LogP) is 4.62. The van der Waals surface area contributed by atoms with E-state index >= 15 is 0 Å². The molecule has 2 aromatic heterocycles. The summed E-state index contributed by atoms with van der Waals surface area (Å²) in [4.78, 5) is 47.7. The summed E-state index contributed by atoms with van der Waals surface area (Å²) in [7, 11) is -2.72. The van der Waals surface area contributed by atoms with Crippen molar-refractivity contribution in [3.05, 3.63) is 97.7 Å². The molecular weight excluding hydrogens is 671 g/mol. The van der Waals surface area contributed by atoms with Crippen molar-refractivity contribution < 1.29 is 32.3 Å². The number of rotatable bonds is 11. The second-order valence-corrected chi connectivity index (χ2v) is 14.7. The minimum absolute atomic E-state index is 0.0883. The van der Waals surface area contributed by atoms with Crippen LogP contribution in [0.25, 0.3) is 33.1 Å². The normalized spacial score (nSPS) is 22.6. The number of H-pyrrole nitrogens is 1. The van der Waals surface area contributed by atoms with Gasteiger partial charge in [0.15, 0.2) is 0 Å². The summed E-state index contributed by atoms with van der Waals surface area (Å²) < 4.78 is 41.1. The van der Waals surface area contributed by atoms with Crippen molar-refractivity contribution in [3.8, 4) is 22.8 Å². The van der Waals surface area contributed by atoms with Crippen LogP contribution in [0, 0.1) is 11.8 Å². The highest BCUT2D eigenvalue weighted by Gasteiger charge is 2.61. The Hall–Kier alpha value is -5.69. The first kappa shape index (κ1) is 33.8. The number of aromatic nitrogens is 2. The van der Waals surface area contributed by atoms with Gasteiger partial charge in [0, 0.05) is 60.0 Å². The molecule has 3 aromatic carbocycles. The SMILES string of the molecule is C=C[C@@H]1C[C@]1(NC(=O)[C@@H]1C[C@@H](Oc2cc(-c3ccccc3)nc3cc(OC)ccc23)CC1NC(C)=O)C(=O)NS(=O)(=O)c1cccc2cc[nH]c12. The summed E-state index contributed by atoms with van der Waals surface area (Å²) in [6.45, 7) is 5.17. The zero-order valence-corrected chi connectivity index (χ0v) is 28.8. The van der Waals surface area contributed by atoms with Gasteiger partial charge in [0.1, 0.15) is 28.0 Å². The number of para-hydroxylation sites is 1. The van der Waals surface area contributed by atoms with E-state index in [4.69, 9.17) is 14.5 Å². The standard InChI is InChI=1S/C38H37N5O7S/c1-4-25-21-38(25,37(46)43-51(47,48)34-12-8-11-24-15-16-39-35(24)34)42-36(45)29-17-27(19-32(29)40-22(2)44)50-33-20-30(23-9-6-5-7-10-23)41-31-18-26(49-3)13-14-28(31)33/h4-16,18,20,25,27,29,32,39H,1,17,19,21H2,2-3H3,(H,40,44)(H,42,45)(H,43,46)/t25-,27-,29-,32?,38-/m1/s1.